The van der Waals surface area contributed by atoms with Crippen LogP contribution in [-0.4, -0.2) is 27.5 Å². The first-order valence-corrected chi connectivity index (χ1v) is 8.11. The summed E-state index contributed by atoms with van der Waals surface area (Å²) < 4.78 is 7.36. The molecule has 130 valence electrons. The molecule has 26 heavy (non-hydrogen) atoms. The summed E-state index contributed by atoms with van der Waals surface area (Å²) in [7, 11) is 0. The molecule has 0 bridgehead atoms. The predicted octanol–water partition coefficient (Wildman–Crippen LogP) is 2.84. The molecule has 3 aromatic rings. The van der Waals surface area contributed by atoms with E-state index in [2.05, 4.69) is 15.6 Å². The van der Waals surface area contributed by atoms with E-state index in [0.717, 1.165) is 5.69 Å². The second-order valence-corrected chi connectivity index (χ2v) is 5.93. The van der Waals surface area contributed by atoms with Crippen LogP contribution in [0, 0.1) is 0 Å². The highest BCUT2D eigenvalue weighted by atomic mass is 16.5. The molecule has 1 atom stereocenters. The molecule has 2 N–H and O–H groups in total. The van der Waals surface area contributed by atoms with E-state index in [4.69, 9.17) is 4.74 Å². The van der Waals surface area contributed by atoms with Gasteiger partial charge >= 0.3 is 0 Å². The summed E-state index contributed by atoms with van der Waals surface area (Å²) in [5.74, 6) is 0.134. The van der Waals surface area contributed by atoms with Crippen molar-refractivity contribution in [3.8, 4) is 11.4 Å². The third-order valence-corrected chi connectivity index (χ3v) is 4.10. The molecule has 1 aromatic heterocycles. The van der Waals surface area contributed by atoms with Crippen LogP contribution in [0.2, 0.25) is 0 Å². The number of fused-ring (bicyclic) bond motifs is 1. The Hall–Kier alpha value is -3.61. The molecule has 1 aliphatic heterocycles. The average molecular weight is 348 g/mol. The zero-order chi connectivity index (χ0) is 18.1. The quantitative estimate of drug-likeness (QED) is 0.762. The van der Waals surface area contributed by atoms with Crippen LogP contribution in [0.1, 0.15) is 17.3 Å². The van der Waals surface area contributed by atoms with E-state index in [1.165, 1.54) is 0 Å². The van der Waals surface area contributed by atoms with Crippen molar-refractivity contribution in [3.05, 3.63) is 66.7 Å². The highest BCUT2D eigenvalue weighted by molar-refractivity contribution is 6.05. The van der Waals surface area contributed by atoms with Gasteiger partial charge in [-0.3, -0.25) is 9.59 Å². The van der Waals surface area contributed by atoms with Crippen molar-refractivity contribution in [1.29, 1.82) is 0 Å². The number of ether oxygens (including phenoxy) is 1. The molecular formula is C19H16N4O3. The van der Waals surface area contributed by atoms with Crippen LogP contribution in [0.4, 0.5) is 11.4 Å². The SMILES string of the molecule is CC1Oc2ccc(NC(=O)c3ccc(-n4ccnc4)cc3)cc2NC1=O. The van der Waals surface area contributed by atoms with E-state index < -0.39 is 6.10 Å². The first kappa shape index (κ1) is 15.9. The number of rotatable bonds is 3. The minimum atomic E-state index is -0.531. The molecule has 0 spiro atoms. The summed E-state index contributed by atoms with van der Waals surface area (Å²) in [6.45, 7) is 1.68. The van der Waals surface area contributed by atoms with Gasteiger partial charge in [0.2, 0.25) is 0 Å². The number of amides is 2. The number of nitrogens with zero attached hydrogens (tertiary/aromatic N) is 2. The van der Waals surface area contributed by atoms with Gasteiger partial charge in [0.15, 0.2) is 6.10 Å². The first-order valence-electron chi connectivity index (χ1n) is 8.11. The van der Waals surface area contributed by atoms with Crippen molar-refractivity contribution in [2.45, 2.75) is 13.0 Å². The van der Waals surface area contributed by atoms with Crippen LogP contribution in [0.25, 0.3) is 5.69 Å². The Morgan fingerprint density at radius 1 is 1.23 bits per heavy atom. The lowest BCUT2D eigenvalue weighted by molar-refractivity contribution is -0.122. The Morgan fingerprint density at radius 2 is 2.04 bits per heavy atom. The van der Waals surface area contributed by atoms with Crippen LogP contribution in [0.15, 0.2) is 61.2 Å². The van der Waals surface area contributed by atoms with E-state index in [9.17, 15) is 9.59 Å². The second-order valence-electron chi connectivity index (χ2n) is 5.93. The molecule has 0 aliphatic carbocycles. The Morgan fingerprint density at radius 3 is 2.77 bits per heavy atom. The zero-order valence-corrected chi connectivity index (χ0v) is 14.0. The number of carbonyl (C=O) groups is 2. The van der Waals surface area contributed by atoms with Crippen molar-refractivity contribution < 1.29 is 14.3 Å². The minimum Gasteiger partial charge on any atom is -0.479 e. The molecule has 0 saturated carbocycles. The van der Waals surface area contributed by atoms with E-state index in [1.807, 2.05) is 22.9 Å². The number of imidazole rings is 1. The molecule has 0 fully saturated rings. The maximum Gasteiger partial charge on any atom is 0.265 e. The molecule has 2 aromatic carbocycles. The van der Waals surface area contributed by atoms with Gasteiger partial charge in [0, 0.05) is 29.3 Å². The molecule has 7 heteroatoms. The number of aromatic nitrogens is 2. The highest BCUT2D eigenvalue weighted by Crippen LogP contribution is 2.32. The van der Waals surface area contributed by atoms with Gasteiger partial charge < -0.3 is 19.9 Å². The van der Waals surface area contributed by atoms with Crippen LogP contribution in [-0.2, 0) is 4.79 Å². The molecular weight excluding hydrogens is 332 g/mol. The maximum atomic E-state index is 12.4. The Labute approximate surface area is 149 Å². The lowest BCUT2D eigenvalue weighted by Gasteiger charge is -2.23. The summed E-state index contributed by atoms with van der Waals surface area (Å²) in [6.07, 6.45) is 4.69. The molecule has 2 heterocycles. The van der Waals surface area contributed by atoms with Gasteiger partial charge in [0.1, 0.15) is 5.75 Å². The largest absolute Gasteiger partial charge is 0.479 e. The lowest BCUT2D eigenvalue weighted by Crippen LogP contribution is -2.34. The van der Waals surface area contributed by atoms with Gasteiger partial charge in [-0.2, -0.15) is 0 Å². The van der Waals surface area contributed by atoms with Crippen molar-refractivity contribution in [2.24, 2.45) is 0 Å². The summed E-state index contributed by atoms with van der Waals surface area (Å²) in [6, 6.07) is 12.3. The van der Waals surface area contributed by atoms with Gasteiger partial charge in [0.25, 0.3) is 11.8 Å². The standard InChI is InChI=1S/C19H16N4O3/c1-12-18(24)22-16-10-14(4-7-17(16)26-12)21-19(25)13-2-5-15(6-3-13)23-9-8-20-11-23/h2-12H,1H3,(H,21,25)(H,22,24). The van der Waals surface area contributed by atoms with Crippen molar-refractivity contribution in [3.63, 3.8) is 0 Å². The van der Waals surface area contributed by atoms with Crippen LogP contribution in [0.3, 0.4) is 0 Å². The molecule has 1 unspecified atom stereocenters. The van der Waals surface area contributed by atoms with E-state index in [1.54, 1.807) is 49.8 Å². The molecule has 1 aliphatic rings. The monoisotopic (exact) mass is 348 g/mol. The minimum absolute atomic E-state index is 0.212. The van der Waals surface area contributed by atoms with Crippen LogP contribution in [0.5, 0.6) is 5.75 Å². The predicted molar refractivity (Wildman–Crippen MR) is 96.7 cm³/mol. The molecule has 7 nitrogen and oxygen atoms in total. The number of benzene rings is 2. The lowest BCUT2D eigenvalue weighted by atomic mass is 10.1. The highest BCUT2D eigenvalue weighted by Gasteiger charge is 2.23. The number of hydrogen-bond donors (Lipinski definition) is 2. The van der Waals surface area contributed by atoms with Crippen molar-refractivity contribution in [2.75, 3.05) is 10.6 Å². The summed E-state index contributed by atoms with van der Waals surface area (Å²) in [4.78, 5) is 28.2. The van der Waals surface area contributed by atoms with Gasteiger partial charge in [-0.1, -0.05) is 0 Å². The Kier molecular flexibility index (Phi) is 3.89. The fourth-order valence-corrected chi connectivity index (χ4v) is 2.69. The van der Waals surface area contributed by atoms with Gasteiger partial charge in [-0.15, -0.1) is 0 Å². The average Bonchev–Trinajstić information content (AvgIpc) is 3.18. The smallest absolute Gasteiger partial charge is 0.265 e. The van der Waals surface area contributed by atoms with Crippen molar-refractivity contribution >= 4 is 23.2 Å². The van der Waals surface area contributed by atoms with Gasteiger partial charge in [-0.25, -0.2) is 4.98 Å². The van der Waals surface area contributed by atoms with Crippen molar-refractivity contribution in [1.82, 2.24) is 9.55 Å². The third kappa shape index (κ3) is 3.02. The third-order valence-electron chi connectivity index (χ3n) is 4.10. The fraction of sp³-hybridized carbons (Fsp3) is 0.105. The maximum absolute atomic E-state index is 12.4. The van der Waals surface area contributed by atoms with E-state index in [-0.39, 0.29) is 11.8 Å². The molecule has 0 saturated heterocycles. The molecule has 2 amide bonds. The normalized spacial score (nSPS) is 15.6. The topological polar surface area (TPSA) is 85.2 Å². The van der Waals surface area contributed by atoms with Gasteiger partial charge in [0.05, 0.1) is 12.0 Å². The molecule has 0 radical (unpaired) electrons. The van der Waals surface area contributed by atoms with Crippen LogP contribution < -0.4 is 15.4 Å². The van der Waals surface area contributed by atoms with E-state index >= 15 is 0 Å². The summed E-state index contributed by atoms with van der Waals surface area (Å²) in [5.41, 5.74) is 2.56. The molecule has 4 rings (SSSR count). The Bertz CT molecular complexity index is 965. The Balaban J connectivity index is 1.50. The number of anilines is 2. The van der Waals surface area contributed by atoms with Crippen LogP contribution >= 0.6 is 0 Å². The second kappa shape index (κ2) is 6.36. The summed E-state index contributed by atoms with van der Waals surface area (Å²) >= 11 is 0. The number of hydrogen-bond acceptors (Lipinski definition) is 4. The fourth-order valence-electron chi connectivity index (χ4n) is 2.69. The van der Waals surface area contributed by atoms with Gasteiger partial charge in [-0.05, 0) is 49.4 Å². The first-order chi connectivity index (χ1) is 12.6. The number of carbonyl (C=O) groups excluding carboxylic acids is 2. The number of nitrogens with one attached hydrogen (secondary N) is 2. The zero-order valence-electron chi connectivity index (χ0n) is 14.0. The summed E-state index contributed by atoms with van der Waals surface area (Å²) in [5, 5.41) is 5.59. The van der Waals surface area contributed by atoms with E-state index in [0.29, 0.717) is 22.7 Å².